The Kier molecular flexibility index (Phi) is 28.6. The quantitative estimate of drug-likeness (QED) is 0.0482. The zero-order valence-electron chi connectivity index (χ0n) is 44.3. The largest absolute Gasteiger partial charge is 0.405 e. The Morgan fingerprint density at radius 3 is 1.09 bits per heavy atom. The van der Waals surface area contributed by atoms with Crippen molar-refractivity contribution in [2.45, 2.75) is 226 Å². The number of unbranched alkanes of at least 4 members (excludes halogenated alkanes) is 7. The summed E-state index contributed by atoms with van der Waals surface area (Å²) in [5.74, 6) is 0. The molecule has 0 saturated carbocycles. The second-order valence-electron chi connectivity index (χ2n) is 19.8. The molecule has 10 atom stereocenters. The molecule has 390 valence electrons. The minimum atomic E-state index is -3.00. The van der Waals surface area contributed by atoms with Crippen LogP contribution >= 0.6 is 0 Å². The summed E-state index contributed by atoms with van der Waals surface area (Å²) in [5.41, 5.74) is 0. The second-order valence-corrected chi connectivity index (χ2v) is 24.1. The van der Waals surface area contributed by atoms with Crippen LogP contribution in [0.15, 0.2) is 60.7 Å². The molecule has 2 fully saturated rings. The third-order valence-corrected chi connectivity index (χ3v) is 18.1. The van der Waals surface area contributed by atoms with E-state index >= 15 is 0 Å². The molecule has 0 spiro atoms. The van der Waals surface area contributed by atoms with Crippen LogP contribution in [-0.2, 0) is 51.8 Å². The van der Waals surface area contributed by atoms with Crippen LogP contribution < -0.4 is 10.4 Å². The maximum absolute atomic E-state index is 7.66. The van der Waals surface area contributed by atoms with Gasteiger partial charge in [0.25, 0.3) is 8.32 Å². The predicted octanol–water partition coefficient (Wildman–Crippen LogP) is 11.0. The second kappa shape index (κ2) is 33.0. The van der Waals surface area contributed by atoms with E-state index in [-0.39, 0.29) is 11.6 Å². The number of benzene rings is 2. The fourth-order valence-corrected chi connectivity index (χ4v) is 13.7. The lowest BCUT2D eigenvalue weighted by atomic mass is 9.96. The van der Waals surface area contributed by atoms with Crippen molar-refractivity contribution >= 4 is 18.7 Å². The van der Waals surface area contributed by atoms with Crippen molar-refractivity contribution in [1.29, 1.82) is 0 Å². The number of ether oxygens (including phenoxy) is 10. The van der Waals surface area contributed by atoms with Crippen molar-refractivity contribution in [1.82, 2.24) is 0 Å². The van der Waals surface area contributed by atoms with Crippen molar-refractivity contribution in [2.75, 3.05) is 59.5 Å². The van der Waals surface area contributed by atoms with Crippen molar-refractivity contribution in [2.24, 2.45) is 0 Å². The Morgan fingerprint density at radius 1 is 0.412 bits per heavy atom. The van der Waals surface area contributed by atoms with Gasteiger partial charge in [-0.1, -0.05) is 175 Å². The zero-order valence-corrected chi connectivity index (χ0v) is 45.3. The highest BCUT2D eigenvalue weighted by molar-refractivity contribution is 6.99. The van der Waals surface area contributed by atoms with Gasteiger partial charge in [-0.05, 0) is 60.4 Å². The molecule has 2 aliphatic rings. The van der Waals surface area contributed by atoms with E-state index in [2.05, 4.69) is 130 Å². The average Bonchev–Trinajstić information content (AvgIpc) is 3.34. The third-order valence-electron chi connectivity index (χ3n) is 13.1. The lowest BCUT2D eigenvalue weighted by molar-refractivity contribution is -0.390. The van der Waals surface area contributed by atoms with E-state index in [1.807, 2.05) is 0 Å². The number of hydrogen-bond acceptors (Lipinski definition) is 11. The summed E-state index contributed by atoms with van der Waals surface area (Å²) in [6.07, 6.45) is 7.20. The molecule has 2 aliphatic heterocycles. The molecule has 4 rings (SSSR count). The molecule has 2 saturated heterocycles. The van der Waals surface area contributed by atoms with Crippen LogP contribution in [0.3, 0.4) is 0 Å². The molecular formula is C56H96O11Si. The minimum absolute atomic E-state index is 0.241. The van der Waals surface area contributed by atoms with Crippen LogP contribution in [0.5, 0.6) is 0 Å². The van der Waals surface area contributed by atoms with Crippen molar-refractivity contribution < 1.29 is 51.8 Å². The summed E-state index contributed by atoms with van der Waals surface area (Å²) in [7, 11) is -3.00. The Balaban J connectivity index is 1.87. The fraction of sp³-hybridized carbons (Fsp3) is 0.786. The van der Waals surface area contributed by atoms with E-state index in [1.54, 1.807) is 0 Å². The van der Waals surface area contributed by atoms with Crippen LogP contribution in [0.4, 0.5) is 0 Å². The summed E-state index contributed by atoms with van der Waals surface area (Å²) in [6.45, 7) is 26.6. The molecular weight excluding hydrogens is 877 g/mol. The summed E-state index contributed by atoms with van der Waals surface area (Å²) in [6, 6.07) is 21.5. The third kappa shape index (κ3) is 17.5. The molecule has 68 heavy (non-hydrogen) atoms. The first kappa shape index (κ1) is 58.8. The van der Waals surface area contributed by atoms with Crippen LogP contribution in [0.25, 0.3) is 0 Å². The molecule has 11 nitrogen and oxygen atoms in total. The standard InChI is InChI=1S/C56H96O11Si/c1-11-18-35-57-42-46-48(58-36-19-12-2)50(60-38-21-14-4)52(62-40-23-16-6)54(65-46)67-55-53(63-41-24-17-7)51(61-39-22-15-5)49(59-37-20-13-3)47(66-55)43-64-68(56(8,9)10,44-31-27-25-28-32-44)45-33-29-26-30-34-45/h25-34,46-55H,11-24,35-43H2,1-10H3/t46-,47?,48-,49-,50?,51?,52?,53?,54-,55-/m1/s1. The van der Waals surface area contributed by atoms with Crippen LogP contribution in [0.2, 0.25) is 5.04 Å². The topological polar surface area (TPSA) is 102 Å². The van der Waals surface area contributed by atoms with Crippen LogP contribution in [0, 0.1) is 0 Å². The van der Waals surface area contributed by atoms with Crippen molar-refractivity contribution in [3.63, 3.8) is 0 Å². The molecule has 2 aromatic carbocycles. The first-order valence-electron chi connectivity index (χ1n) is 27.1. The lowest BCUT2D eigenvalue weighted by Gasteiger charge is -2.50. The van der Waals surface area contributed by atoms with Gasteiger partial charge in [0.15, 0.2) is 12.6 Å². The molecule has 0 amide bonds. The predicted molar refractivity (Wildman–Crippen MR) is 276 cm³/mol. The number of hydrogen-bond donors (Lipinski definition) is 0. The highest BCUT2D eigenvalue weighted by atomic mass is 28.4. The lowest BCUT2D eigenvalue weighted by Crippen LogP contribution is -2.69. The normalized spacial score (nSPS) is 25.8. The van der Waals surface area contributed by atoms with Gasteiger partial charge in [-0.15, -0.1) is 0 Å². The van der Waals surface area contributed by atoms with E-state index < -0.39 is 69.7 Å². The van der Waals surface area contributed by atoms with Crippen LogP contribution in [0.1, 0.15) is 159 Å². The molecule has 0 N–H and O–H groups in total. The summed E-state index contributed by atoms with van der Waals surface area (Å²) in [5, 5.41) is 2.14. The zero-order chi connectivity index (χ0) is 49.0. The molecule has 0 radical (unpaired) electrons. The Bertz CT molecular complexity index is 1490. The summed E-state index contributed by atoms with van der Waals surface area (Å²) >= 11 is 0. The first-order valence-corrected chi connectivity index (χ1v) is 29.0. The molecule has 2 heterocycles. The Labute approximate surface area is 414 Å². The van der Waals surface area contributed by atoms with Crippen molar-refractivity contribution in [3.8, 4) is 0 Å². The van der Waals surface area contributed by atoms with E-state index in [1.165, 1.54) is 10.4 Å². The summed E-state index contributed by atoms with van der Waals surface area (Å²) in [4.78, 5) is 0. The molecule has 0 aliphatic carbocycles. The summed E-state index contributed by atoms with van der Waals surface area (Å²) < 4.78 is 77.1. The Hall–Kier alpha value is -1.78. The van der Waals surface area contributed by atoms with Gasteiger partial charge >= 0.3 is 0 Å². The van der Waals surface area contributed by atoms with E-state index in [4.69, 9.17) is 51.8 Å². The Morgan fingerprint density at radius 2 is 0.735 bits per heavy atom. The van der Waals surface area contributed by atoms with E-state index in [0.717, 1.165) is 89.9 Å². The van der Waals surface area contributed by atoms with Gasteiger partial charge in [0.2, 0.25) is 0 Å². The SMILES string of the molecule is CCCCOC[C@H]1O[C@H](O[C@H]2OC(CO[Si](c3ccccc3)(c3ccccc3)C(C)(C)C)[C@@H](OCCCC)C(OCCCC)C2OCCCC)C(OCCCC)C(OCCCC)[C@@H]1OCCCC. The molecule has 0 aromatic heterocycles. The number of rotatable bonds is 36. The highest BCUT2D eigenvalue weighted by Crippen LogP contribution is 2.39. The monoisotopic (exact) mass is 973 g/mol. The maximum atomic E-state index is 7.66. The van der Waals surface area contributed by atoms with Gasteiger partial charge < -0.3 is 51.8 Å². The highest BCUT2D eigenvalue weighted by Gasteiger charge is 2.56. The molecule has 2 aromatic rings. The van der Waals surface area contributed by atoms with Crippen LogP contribution in [-0.4, -0.2) is 129 Å². The molecule has 0 bridgehead atoms. The first-order chi connectivity index (χ1) is 33.1. The molecule has 5 unspecified atom stereocenters. The smallest absolute Gasteiger partial charge is 0.261 e. The van der Waals surface area contributed by atoms with Gasteiger partial charge in [-0.25, -0.2) is 0 Å². The fourth-order valence-electron chi connectivity index (χ4n) is 9.11. The average molecular weight is 973 g/mol. The van der Waals surface area contributed by atoms with Gasteiger partial charge in [-0.2, -0.15) is 0 Å². The van der Waals surface area contributed by atoms with Gasteiger partial charge in [0, 0.05) is 46.2 Å². The van der Waals surface area contributed by atoms with Crippen molar-refractivity contribution in [3.05, 3.63) is 60.7 Å². The molecule has 12 heteroatoms. The van der Waals surface area contributed by atoms with E-state index in [9.17, 15) is 0 Å². The minimum Gasteiger partial charge on any atom is -0.405 e. The van der Waals surface area contributed by atoms with Gasteiger partial charge in [0.1, 0.15) is 48.8 Å². The maximum Gasteiger partial charge on any atom is 0.261 e. The van der Waals surface area contributed by atoms with Gasteiger partial charge in [0.05, 0.1) is 13.2 Å². The van der Waals surface area contributed by atoms with E-state index in [0.29, 0.717) is 52.9 Å². The van der Waals surface area contributed by atoms with Gasteiger partial charge in [-0.3, -0.25) is 0 Å².